The predicted octanol–water partition coefficient (Wildman–Crippen LogP) is 1.45. The number of ether oxygens (including phenoxy) is 1. The van der Waals surface area contributed by atoms with E-state index in [0.717, 1.165) is 5.56 Å². The van der Waals surface area contributed by atoms with E-state index in [9.17, 15) is 4.79 Å². The van der Waals surface area contributed by atoms with Crippen molar-refractivity contribution in [3.8, 4) is 0 Å². The van der Waals surface area contributed by atoms with Gasteiger partial charge in [0.25, 0.3) is 0 Å². The Bertz CT molecular complexity index is 357. The first kappa shape index (κ1) is 15.5. The van der Waals surface area contributed by atoms with Crippen LogP contribution in [0.4, 0.5) is 4.79 Å². The average molecular weight is 266 g/mol. The molecule has 0 aromatic heterocycles. The van der Waals surface area contributed by atoms with Crippen molar-refractivity contribution in [1.82, 2.24) is 10.6 Å². The Kier molecular flexibility index (Phi) is 7.62. The number of hydrogen-bond donors (Lipinski definition) is 3. The first-order valence-electron chi connectivity index (χ1n) is 6.55. The summed E-state index contributed by atoms with van der Waals surface area (Å²) in [6, 6.07) is 9.17. The van der Waals surface area contributed by atoms with Crippen LogP contribution >= 0.6 is 0 Å². The second-order valence-electron chi connectivity index (χ2n) is 4.07. The van der Waals surface area contributed by atoms with E-state index >= 15 is 0 Å². The van der Waals surface area contributed by atoms with Gasteiger partial charge in [-0.1, -0.05) is 30.3 Å². The standard InChI is InChI=1S/C14H22N2O3/c1-2-19-11-9-15-14(18)16-13(8-10-17)12-6-4-3-5-7-12/h3-7,13,17H,2,8-11H2,1H3,(H2,15,16,18)/t13-/m1/s1. The molecule has 1 atom stereocenters. The number of aliphatic hydroxyl groups excluding tert-OH is 1. The summed E-state index contributed by atoms with van der Waals surface area (Å²) >= 11 is 0. The van der Waals surface area contributed by atoms with E-state index in [2.05, 4.69) is 10.6 Å². The topological polar surface area (TPSA) is 70.6 Å². The molecular weight excluding hydrogens is 244 g/mol. The van der Waals surface area contributed by atoms with Crippen LogP contribution in [-0.2, 0) is 4.74 Å². The predicted molar refractivity (Wildman–Crippen MR) is 73.9 cm³/mol. The fourth-order valence-electron chi connectivity index (χ4n) is 1.73. The zero-order valence-electron chi connectivity index (χ0n) is 11.3. The smallest absolute Gasteiger partial charge is 0.315 e. The normalized spacial score (nSPS) is 11.9. The van der Waals surface area contributed by atoms with Gasteiger partial charge in [-0.3, -0.25) is 0 Å². The summed E-state index contributed by atoms with van der Waals surface area (Å²) in [6.45, 7) is 3.55. The molecule has 0 heterocycles. The maximum absolute atomic E-state index is 11.7. The van der Waals surface area contributed by atoms with Gasteiger partial charge >= 0.3 is 6.03 Å². The van der Waals surface area contributed by atoms with Gasteiger partial charge in [0.1, 0.15) is 0 Å². The molecule has 0 aliphatic heterocycles. The summed E-state index contributed by atoms with van der Waals surface area (Å²) in [5, 5.41) is 14.6. The molecule has 0 spiro atoms. The van der Waals surface area contributed by atoms with Gasteiger partial charge in [0.2, 0.25) is 0 Å². The highest BCUT2D eigenvalue weighted by Crippen LogP contribution is 2.15. The van der Waals surface area contributed by atoms with Crippen molar-refractivity contribution >= 4 is 6.03 Å². The third kappa shape index (κ3) is 6.22. The van der Waals surface area contributed by atoms with Crippen molar-refractivity contribution in [1.29, 1.82) is 0 Å². The highest BCUT2D eigenvalue weighted by molar-refractivity contribution is 5.74. The van der Waals surface area contributed by atoms with Crippen LogP contribution in [0.25, 0.3) is 0 Å². The summed E-state index contributed by atoms with van der Waals surface area (Å²) in [5.74, 6) is 0. The van der Waals surface area contributed by atoms with Crippen LogP contribution in [0.5, 0.6) is 0 Å². The van der Waals surface area contributed by atoms with Gasteiger partial charge in [0.15, 0.2) is 0 Å². The number of hydrogen-bond acceptors (Lipinski definition) is 3. The van der Waals surface area contributed by atoms with E-state index in [4.69, 9.17) is 9.84 Å². The molecule has 19 heavy (non-hydrogen) atoms. The van der Waals surface area contributed by atoms with Crippen molar-refractivity contribution in [2.45, 2.75) is 19.4 Å². The number of urea groups is 1. The summed E-state index contributed by atoms with van der Waals surface area (Å²) in [4.78, 5) is 11.7. The molecule has 3 N–H and O–H groups in total. The van der Waals surface area contributed by atoms with E-state index in [1.807, 2.05) is 37.3 Å². The Hall–Kier alpha value is -1.59. The SMILES string of the molecule is CCOCCNC(=O)N[C@H](CCO)c1ccccc1. The minimum absolute atomic E-state index is 0.0266. The summed E-state index contributed by atoms with van der Waals surface area (Å²) in [6.07, 6.45) is 0.489. The van der Waals surface area contributed by atoms with E-state index in [1.54, 1.807) is 0 Å². The monoisotopic (exact) mass is 266 g/mol. The Morgan fingerprint density at radius 1 is 1.37 bits per heavy atom. The average Bonchev–Trinajstić information content (AvgIpc) is 2.44. The van der Waals surface area contributed by atoms with Crippen LogP contribution in [0.2, 0.25) is 0 Å². The highest BCUT2D eigenvalue weighted by atomic mass is 16.5. The summed E-state index contributed by atoms with van der Waals surface area (Å²) in [7, 11) is 0. The van der Waals surface area contributed by atoms with Crippen molar-refractivity contribution in [2.75, 3.05) is 26.4 Å². The molecule has 5 nitrogen and oxygen atoms in total. The minimum Gasteiger partial charge on any atom is -0.396 e. The van der Waals surface area contributed by atoms with Crippen LogP contribution in [-0.4, -0.2) is 37.5 Å². The number of rotatable bonds is 8. The van der Waals surface area contributed by atoms with Crippen LogP contribution in [0.15, 0.2) is 30.3 Å². The molecule has 0 radical (unpaired) electrons. The zero-order chi connectivity index (χ0) is 13.9. The lowest BCUT2D eigenvalue weighted by atomic mass is 10.0. The molecule has 1 rings (SSSR count). The van der Waals surface area contributed by atoms with E-state index in [1.165, 1.54) is 0 Å². The number of amides is 2. The number of nitrogens with one attached hydrogen (secondary N) is 2. The molecule has 0 aliphatic carbocycles. The largest absolute Gasteiger partial charge is 0.396 e. The van der Waals surface area contributed by atoms with Gasteiger partial charge in [-0.05, 0) is 18.9 Å². The molecule has 0 bridgehead atoms. The summed E-state index contributed by atoms with van der Waals surface area (Å²) in [5.41, 5.74) is 0.983. The Morgan fingerprint density at radius 2 is 2.11 bits per heavy atom. The van der Waals surface area contributed by atoms with E-state index in [0.29, 0.717) is 26.2 Å². The van der Waals surface area contributed by atoms with Crippen LogP contribution < -0.4 is 10.6 Å². The van der Waals surface area contributed by atoms with Crippen molar-refractivity contribution < 1.29 is 14.6 Å². The second-order valence-corrected chi connectivity index (χ2v) is 4.07. The van der Waals surface area contributed by atoms with Crippen LogP contribution in [0, 0.1) is 0 Å². The lowest BCUT2D eigenvalue weighted by Crippen LogP contribution is -2.39. The molecule has 1 aromatic rings. The molecule has 106 valence electrons. The lowest BCUT2D eigenvalue weighted by Gasteiger charge is -2.18. The third-order valence-corrected chi connectivity index (χ3v) is 2.66. The molecule has 0 fully saturated rings. The van der Waals surface area contributed by atoms with Gasteiger partial charge in [-0.2, -0.15) is 0 Å². The van der Waals surface area contributed by atoms with Crippen LogP contribution in [0.1, 0.15) is 24.9 Å². The van der Waals surface area contributed by atoms with Gasteiger partial charge in [-0.25, -0.2) is 4.79 Å². The fourth-order valence-corrected chi connectivity index (χ4v) is 1.73. The van der Waals surface area contributed by atoms with Crippen molar-refractivity contribution in [3.05, 3.63) is 35.9 Å². The first-order valence-corrected chi connectivity index (χ1v) is 6.55. The summed E-state index contributed by atoms with van der Waals surface area (Å²) < 4.78 is 5.14. The molecule has 0 aliphatic rings. The van der Waals surface area contributed by atoms with Crippen molar-refractivity contribution in [2.24, 2.45) is 0 Å². The molecular formula is C14H22N2O3. The minimum atomic E-state index is -0.248. The Balaban J connectivity index is 2.43. The van der Waals surface area contributed by atoms with Crippen molar-refractivity contribution in [3.63, 3.8) is 0 Å². The van der Waals surface area contributed by atoms with Gasteiger partial charge in [-0.15, -0.1) is 0 Å². The van der Waals surface area contributed by atoms with Crippen LogP contribution in [0.3, 0.4) is 0 Å². The highest BCUT2D eigenvalue weighted by Gasteiger charge is 2.13. The number of carbonyl (C=O) groups is 1. The zero-order valence-corrected chi connectivity index (χ0v) is 11.3. The first-order chi connectivity index (χ1) is 9.27. The quantitative estimate of drug-likeness (QED) is 0.624. The Labute approximate surface area is 114 Å². The molecule has 0 saturated carbocycles. The molecule has 0 unspecified atom stereocenters. The molecule has 1 aromatic carbocycles. The van der Waals surface area contributed by atoms with Gasteiger partial charge in [0.05, 0.1) is 12.6 Å². The van der Waals surface area contributed by atoms with Gasteiger partial charge < -0.3 is 20.5 Å². The molecule has 2 amide bonds. The second kappa shape index (κ2) is 9.35. The van der Waals surface area contributed by atoms with E-state index in [-0.39, 0.29) is 18.7 Å². The number of aliphatic hydroxyl groups is 1. The third-order valence-electron chi connectivity index (χ3n) is 2.66. The maximum Gasteiger partial charge on any atom is 0.315 e. The number of benzene rings is 1. The van der Waals surface area contributed by atoms with E-state index < -0.39 is 0 Å². The lowest BCUT2D eigenvalue weighted by molar-refractivity contribution is 0.149. The maximum atomic E-state index is 11.7. The van der Waals surface area contributed by atoms with Gasteiger partial charge in [0, 0.05) is 19.8 Å². The number of carbonyl (C=O) groups excluding carboxylic acids is 1. The Morgan fingerprint density at radius 3 is 2.74 bits per heavy atom. The fraction of sp³-hybridized carbons (Fsp3) is 0.500. The molecule has 0 saturated heterocycles. The molecule has 5 heteroatoms.